The van der Waals surface area contributed by atoms with E-state index in [1.54, 1.807) is 24.5 Å². The monoisotopic (exact) mass is 312 g/mol. The van der Waals surface area contributed by atoms with Crippen LogP contribution in [0.15, 0.2) is 24.5 Å². The Bertz CT molecular complexity index is 589. The molecular formula is C13H20N4O3S. The zero-order valence-corrected chi connectivity index (χ0v) is 13.0. The van der Waals surface area contributed by atoms with Gasteiger partial charge in [0.05, 0.1) is 17.8 Å². The molecule has 1 aromatic rings. The number of carbonyl (C=O) groups is 1. The van der Waals surface area contributed by atoms with Crippen molar-refractivity contribution in [2.24, 2.45) is 5.92 Å². The molecule has 1 fully saturated rings. The zero-order valence-electron chi connectivity index (χ0n) is 12.2. The molecule has 1 aliphatic heterocycles. The second kappa shape index (κ2) is 6.50. The fourth-order valence-electron chi connectivity index (χ4n) is 2.28. The lowest BCUT2D eigenvalue weighted by molar-refractivity contribution is -0.120. The molecule has 0 aliphatic carbocycles. The highest BCUT2D eigenvalue weighted by Crippen LogP contribution is 2.21. The van der Waals surface area contributed by atoms with Gasteiger partial charge in [-0.2, -0.15) is 17.0 Å². The Balaban J connectivity index is 2.03. The van der Waals surface area contributed by atoms with Gasteiger partial charge < -0.3 is 5.32 Å². The lowest BCUT2D eigenvalue weighted by Gasteiger charge is -2.32. The number of pyridine rings is 1. The van der Waals surface area contributed by atoms with Crippen molar-refractivity contribution in [3.05, 3.63) is 24.5 Å². The predicted molar refractivity (Wildman–Crippen MR) is 79.8 cm³/mol. The van der Waals surface area contributed by atoms with Crippen molar-refractivity contribution >= 4 is 21.8 Å². The van der Waals surface area contributed by atoms with E-state index >= 15 is 0 Å². The van der Waals surface area contributed by atoms with Crippen LogP contribution < -0.4 is 5.32 Å². The van der Waals surface area contributed by atoms with E-state index in [0.29, 0.717) is 25.1 Å². The minimum absolute atomic E-state index is 0.165. The van der Waals surface area contributed by atoms with Crippen LogP contribution in [0.4, 0.5) is 5.69 Å². The van der Waals surface area contributed by atoms with Crippen molar-refractivity contribution in [3.8, 4) is 0 Å². The molecule has 2 rings (SSSR count). The third-order valence-corrected chi connectivity index (χ3v) is 5.38. The van der Waals surface area contributed by atoms with Gasteiger partial charge in [0.15, 0.2) is 0 Å². The van der Waals surface area contributed by atoms with Crippen LogP contribution >= 0.6 is 0 Å². The number of nitrogens with zero attached hydrogens (tertiary/aromatic N) is 3. The van der Waals surface area contributed by atoms with E-state index < -0.39 is 10.2 Å². The van der Waals surface area contributed by atoms with E-state index in [2.05, 4.69) is 10.3 Å². The van der Waals surface area contributed by atoms with Crippen LogP contribution in [0.5, 0.6) is 0 Å². The number of anilines is 1. The smallest absolute Gasteiger partial charge is 0.281 e. The van der Waals surface area contributed by atoms with Gasteiger partial charge in [-0.1, -0.05) is 0 Å². The van der Waals surface area contributed by atoms with Crippen LogP contribution in [0.25, 0.3) is 0 Å². The number of carbonyl (C=O) groups excluding carboxylic acids is 1. The van der Waals surface area contributed by atoms with E-state index in [9.17, 15) is 13.2 Å². The molecule has 1 saturated heterocycles. The summed E-state index contributed by atoms with van der Waals surface area (Å²) in [4.78, 5) is 16.2. The molecular weight excluding hydrogens is 292 g/mol. The third-order valence-electron chi connectivity index (χ3n) is 3.47. The molecule has 1 N–H and O–H groups in total. The average molecular weight is 312 g/mol. The normalized spacial score (nSPS) is 20.4. The molecule has 0 unspecified atom stereocenters. The van der Waals surface area contributed by atoms with Crippen molar-refractivity contribution in [2.45, 2.75) is 12.8 Å². The summed E-state index contributed by atoms with van der Waals surface area (Å²) < 4.78 is 26.8. The number of nitrogens with one attached hydrogen (secondary N) is 1. The van der Waals surface area contributed by atoms with Gasteiger partial charge in [-0.05, 0) is 25.0 Å². The van der Waals surface area contributed by atoms with Crippen molar-refractivity contribution in [3.63, 3.8) is 0 Å². The maximum Gasteiger partial charge on any atom is 0.281 e. The van der Waals surface area contributed by atoms with Crippen LogP contribution in [0.1, 0.15) is 12.8 Å². The average Bonchev–Trinajstić information content (AvgIpc) is 2.48. The van der Waals surface area contributed by atoms with Gasteiger partial charge in [0.25, 0.3) is 10.2 Å². The van der Waals surface area contributed by atoms with Gasteiger partial charge in [0.1, 0.15) is 0 Å². The quantitative estimate of drug-likeness (QED) is 0.879. The maximum atomic E-state index is 12.2. The molecule has 0 bridgehead atoms. The predicted octanol–water partition coefficient (Wildman–Crippen LogP) is 0.538. The summed E-state index contributed by atoms with van der Waals surface area (Å²) in [5, 5.41) is 2.78. The fourth-order valence-corrected chi connectivity index (χ4v) is 3.47. The van der Waals surface area contributed by atoms with Crippen LogP contribution in [0, 0.1) is 5.92 Å². The highest BCUT2D eigenvalue weighted by Gasteiger charge is 2.33. The Morgan fingerprint density at radius 2 is 2.24 bits per heavy atom. The van der Waals surface area contributed by atoms with Crippen molar-refractivity contribution in [2.75, 3.05) is 32.5 Å². The molecule has 1 atom stereocenters. The van der Waals surface area contributed by atoms with Gasteiger partial charge in [0.2, 0.25) is 5.91 Å². The molecule has 8 heteroatoms. The second-order valence-corrected chi connectivity index (χ2v) is 7.36. The van der Waals surface area contributed by atoms with E-state index in [-0.39, 0.29) is 18.4 Å². The SMILES string of the molecule is CN(C)S(=O)(=O)N1CCC[C@@H](C(=O)Nc2cccnc2)C1. The van der Waals surface area contributed by atoms with E-state index in [1.807, 2.05) is 0 Å². The number of rotatable bonds is 4. The molecule has 0 saturated carbocycles. The van der Waals surface area contributed by atoms with Gasteiger partial charge >= 0.3 is 0 Å². The van der Waals surface area contributed by atoms with Gasteiger partial charge in [0, 0.05) is 33.4 Å². The summed E-state index contributed by atoms with van der Waals surface area (Å²) in [5.41, 5.74) is 0.620. The summed E-state index contributed by atoms with van der Waals surface area (Å²) in [6, 6.07) is 3.49. The Labute approximate surface area is 125 Å². The second-order valence-electron chi connectivity index (χ2n) is 5.22. The molecule has 1 amide bonds. The molecule has 0 spiro atoms. The number of hydrogen-bond acceptors (Lipinski definition) is 4. The summed E-state index contributed by atoms with van der Waals surface area (Å²) >= 11 is 0. The van der Waals surface area contributed by atoms with Crippen molar-refractivity contribution in [1.82, 2.24) is 13.6 Å². The van der Waals surface area contributed by atoms with Gasteiger partial charge in [-0.25, -0.2) is 0 Å². The number of amides is 1. The first-order valence-electron chi connectivity index (χ1n) is 6.80. The van der Waals surface area contributed by atoms with E-state index in [0.717, 1.165) is 0 Å². The highest BCUT2D eigenvalue weighted by molar-refractivity contribution is 7.86. The van der Waals surface area contributed by atoms with Crippen molar-refractivity contribution < 1.29 is 13.2 Å². The summed E-state index contributed by atoms with van der Waals surface area (Å²) in [5.74, 6) is -0.504. The molecule has 7 nitrogen and oxygen atoms in total. The Kier molecular flexibility index (Phi) is 4.92. The summed E-state index contributed by atoms with van der Waals surface area (Å²) in [6.45, 7) is 0.670. The first kappa shape index (κ1) is 15.9. The standard InChI is InChI=1S/C13H20N4O3S/c1-16(2)21(19,20)17-8-4-5-11(10-17)13(18)15-12-6-3-7-14-9-12/h3,6-7,9,11H,4-5,8,10H2,1-2H3,(H,15,18)/t11-/m1/s1. The number of aromatic nitrogens is 1. The molecule has 1 aliphatic rings. The number of piperidine rings is 1. The lowest BCUT2D eigenvalue weighted by Crippen LogP contribution is -2.47. The van der Waals surface area contributed by atoms with E-state index in [1.165, 1.54) is 22.7 Å². The Morgan fingerprint density at radius 3 is 2.86 bits per heavy atom. The van der Waals surface area contributed by atoms with Crippen LogP contribution in [0.2, 0.25) is 0 Å². The first-order chi connectivity index (χ1) is 9.91. The van der Waals surface area contributed by atoms with E-state index in [4.69, 9.17) is 0 Å². The topological polar surface area (TPSA) is 82.6 Å². The first-order valence-corrected chi connectivity index (χ1v) is 8.19. The molecule has 0 radical (unpaired) electrons. The highest BCUT2D eigenvalue weighted by atomic mass is 32.2. The van der Waals surface area contributed by atoms with Crippen LogP contribution in [0.3, 0.4) is 0 Å². The third kappa shape index (κ3) is 3.78. The Morgan fingerprint density at radius 1 is 1.48 bits per heavy atom. The molecule has 116 valence electrons. The van der Waals surface area contributed by atoms with Crippen LogP contribution in [-0.4, -0.2) is 55.1 Å². The minimum Gasteiger partial charge on any atom is -0.324 e. The molecule has 1 aromatic heterocycles. The maximum absolute atomic E-state index is 12.2. The van der Waals surface area contributed by atoms with Gasteiger partial charge in [-0.15, -0.1) is 0 Å². The zero-order chi connectivity index (χ0) is 15.5. The summed E-state index contributed by atoms with van der Waals surface area (Å²) in [6.07, 6.45) is 4.56. The molecule has 21 heavy (non-hydrogen) atoms. The van der Waals surface area contributed by atoms with Crippen molar-refractivity contribution in [1.29, 1.82) is 0 Å². The van der Waals surface area contributed by atoms with Crippen LogP contribution in [-0.2, 0) is 15.0 Å². The largest absolute Gasteiger partial charge is 0.324 e. The molecule has 0 aromatic carbocycles. The lowest BCUT2D eigenvalue weighted by atomic mass is 9.99. The minimum atomic E-state index is -3.46. The Hall–Kier alpha value is -1.51. The summed E-state index contributed by atoms with van der Waals surface area (Å²) in [7, 11) is -0.476. The number of hydrogen-bond donors (Lipinski definition) is 1. The molecule has 2 heterocycles. The fraction of sp³-hybridized carbons (Fsp3) is 0.538. The van der Waals surface area contributed by atoms with Gasteiger partial charge in [-0.3, -0.25) is 9.78 Å².